The average molecular weight is 440 g/mol. The second kappa shape index (κ2) is 9.82. The van der Waals surface area contributed by atoms with Crippen LogP contribution < -0.4 is 14.8 Å². The molecule has 1 heterocycles. The van der Waals surface area contributed by atoms with Gasteiger partial charge in [0.05, 0.1) is 19.9 Å². The van der Waals surface area contributed by atoms with Crippen molar-refractivity contribution in [1.29, 1.82) is 5.26 Å². The average Bonchev–Trinajstić information content (AvgIpc) is 3.35. The van der Waals surface area contributed by atoms with Gasteiger partial charge in [-0.3, -0.25) is 0 Å². The Morgan fingerprint density at radius 3 is 2.28 bits per heavy atom. The summed E-state index contributed by atoms with van der Waals surface area (Å²) in [5.74, 6) is 1.25. The van der Waals surface area contributed by atoms with Crippen molar-refractivity contribution in [3.05, 3.63) is 89.4 Å². The van der Waals surface area contributed by atoms with E-state index in [1.165, 1.54) is 16.9 Å². The molecule has 1 aromatic heterocycles. The summed E-state index contributed by atoms with van der Waals surface area (Å²) >= 11 is 1.44. The Kier molecular flexibility index (Phi) is 6.49. The summed E-state index contributed by atoms with van der Waals surface area (Å²) in [7, 11) is 3.18. The summed E-state index contributed by atoms with van der Waals surface area (Å²) < 4.78 is 10.6. The number of nitrogens with zero attached hydrogens (tertiary/aromatic N) is 2. The Bertz CT molecular complexity index is 1270. The third-order valence-electron chi connectivity index (χ3n) is 4.91. The molecule has 6 heteroatoms. The Balaban J connectivity index is 1.52. The number of hydrogen-bond acceptors (Lipinski definition) is 6. The lowest BCUT2D eigenvalue weighted by Gasteiger charge is -2.09. The Hall–Kier alpha value is -4.08. The molecule has 0 fully saturated rings. The molecule has 0 aliphatic rings. The molecule has 0 aliphatic heterocycles. The molecule has 32 heavy (non-hydrogen) atoms. The van der Waals surface area contributed by atoms with Crippen molar-refractivity contribution in [2.24, 2.45) is 0 Å². The predicted molar refractivity (Wildman–Crippen MR) is 130 cm³/mol. The van der Waals surface area contributed by atoms with Crippen LogP contribution in [0.25, 0.3) is 28.0 Å². The van der Waals surface area contributed by atoms with Crippen LogP contribution in [-0.2, 0) is 0 Å². The minimum atomic E-state index is 0.456. The van der Waals surface area contributed by atoms with Gasteiger partial charge in [-0.25, -0.2) is 4.98 Å². The SMILES string of the molecule is COc1ccc(N/C=C(\C#N)c2nc(-c3ccc(-c4ccccc4)cc3)cs2)cc1OC. The summed E-state index contributed by atoms with van der Waals surface area (Å²) in [6.45, 7) is 0. The van der Waals surface area contributed by atoms with Crippen molar-refractivity contribution >= 4 is 22.6 Å². The van der Waals surface area contributed by atoms with Crippen molar-refractivity contribution in [3.8, 4) is 40.0 Å². The molecule has 0 atom stereocenters. The van der Waals surface area contributed by atoms with Crippen LogP contribution in [0.2, 0.25) is 0 Å². The van der Waals surface area contributed by atoms with Gasteiger partial charge in [-0.1, -0.05) is 54.6 Å². The lowest BCUT2D eigenvalue weighted by molar-refractivity contribution is 0.355. The van der Waals surface area contributed by atoms with Crippen LogP contribution in [0.15, 0.2) is 84.4 Å². The van der Waals surface area contributed by atoms with Crippen LogP contribution in [0.3, 0.4) is 0 Å². The first-order valence-corrected chi connectivity index (χ1v) is 10.8. The highest BCUT2D eigenvalue weighted by molar-refractivity contribution is 7.11. The first-order valence-electron chi connectivity index (χ1n) is 9.92. The maximum Gasteiger partial charge on any atom is 0.162 e. The van der Waals surface area contributed by atoms with Crippen molar-refractivity contribution in [2.45, 2.75) is 0 Å². The quantitative estimate of drug-likeness (QED) is 0.334. The topological polar surface area (TPSA) is 67.2 Å². The Morgan fingerprint density at radius 1 is 0.906 bits per heavy atom. The fourth-order valence-electron chi connectivity index (χ4n) is 3.22. The number of rotatable bonds is 7. The highest BCUT2D eigenvalue weighted by Gasteiger charge is 2.10. The summed E-state index contributed by atoms with van der Waals surface area (Å²) in [6.07, 6.45) is 1.66. The van der Waals surface area contributed by atoms with Gasteiger partial charge < -0.3 is 14.8 Å². The normalized spacial score (nSPS) is 11.0. The molecule has 0 spiro atoms. The molecule has 0 saturated heterocycles. The zero-order valence-corrected chi connectivity index (χ0v) is 18.5. The zero-order chi connectivity index (χ0) is 22.3. The van der Waals surface area contributed by atoms with E-state index < -0.39 is 0 Å². The number of nitriles is 1. The molecule has 0 amide bonds. The van der Waals surface area contributed by atoms with E-state index in [4.69, 9.17) is 9.47 Å². The zero-order valence-electron chi connectivity index (χ0n) is 17.7. The van der Waals surface area contributed by atoms with Gasteiger partial charge in [0.25, 0.3) is 0 Å². The minimum absolute atomic E-state index is 0.456. The predicted octanol–water partition coefficient (Wildman–Crippen LogP) is 6.47. The maximum atomic E-state index is 9.65. The number of thiazole rings is 1. The van der Waals surface area contributed by atoms with Crippen LogP contribution in [0.1, 0.15) is 5.01 Å². The summed E-state index contributed by atoms with van der Waals surface area (Å²) in [5.41, 5.74) is 5.42. The van der Waals surface area contributed by atoms with Crippen molar-refractivity contribution in [1.82, 2.24) is 4.98 Å². The Labute approximate surface area is 191 Å². The molecule has 4 aromatic rings. The van der Waals surface area contributed by atoms with E-state index in [0.29, 0.717) is 22.1 Å². The van der Waals surface area contributed by atoms with Gasteiger partial charge in [-0.05, 0) is 23.3 Å². The van der Waals surface area contributed by atoms with E-state index in [0.717, 1.165) is 22.5 Å². The minimum Gasteiger partial charge on any atom is -0.493 e. The highest BCUT2D eigenvalue weighted by Crippen LogP contribution is 2.31. The van der Waals surface area contributed by atoms with Crippen molar-refractivity contribution in [3.63, 3.8) is 0 Å². The highest BCUT2D eigenvalue weighted by atomic mass is 32.1. The van der Waals surface area contributed by atoms with Gasteiger partial charge in [0.2, 0.25) is 0 Å². The van der Waals surface area contributed by atoms with Crippen LogP contribution in [0.4, 0.5) is 5.69 Å². The van der Waals surface area contributed by atoms with Gasteiger partial charge in [-0.2, -0.15) is 5.26 Å². The standard InChI is InChI=1S/C26H21N3O2S/c1-30-24-13-12-22(14-25(24)31-2)28-16-21(15-27)26-29-23(17-32-26)20-10-8-19(9-11-20)18-6-4-3-5-7-18/h3-14,16-17,28H,1-2H3/b21-16+. The number of anilines is 1. The molecule has 3 aromatic carbocycles. The number of hydrogen-bond donors (Lipinski definition) is 1. The summed E-state index contributed by atoms with van der Waals surface area (Å²) in [6, 6.07) is 26.2. The second-order valence-electron chi connectivity index (χ2n) is 6.87. The van der Waals surface area contributed by atoms with Crippen molar-refractivity contribution < 1.29 is 9.47 Å². The smallest absolute Gasteiger partial charge is 0.162 e. The molecule has 1 N–H and O–H groups in total. The first-order chi connectivity index (χ1) is 15.7. The van der Waals surface area contributed by atoms with Crippen LogP contribution in [-0.4, -0.2) is 19.2 Å². The van der Waals surface area contributed by atoms with Gasteiger partial charge in [0.15, 0.2) is 11.5 Å². The summed E-state index contributed by atoms with van der Waals surface area (Å²) in [5, 5.41) is 15.4. The number of aromatic nitrogens is 1. The van der Waals surface area contributed by atoms with Crippen LogP contribution in [0, 0.1) is 11.3 Å². The molecule has 0 bridgehead atoms. The van der Waals surface area contributed by atoms with Crippen LogP contribution in [0.5, 0.6) is 11.5 Å². The third-order valence-corrected chi connectivity index (χ3v) is 5.79. The monoisotopic (exact) mass is 439 g/mol. The van der Waals surface area contributed by atoms with Crippen molar-refractivity contribution in [2.75, 3.05) is 19.5 Å². The van der Waals surface area contributed by atoms with Gasteiger partial charge in [0.1, 0.15) is 16.6 Å². The number of methoxy groups -OCH3 is 2. The van der Waals surface area contributed by atoms with E-state index in [-0.39, 0.29) is 0 Å². The number of ether oxygens (including phenoxy) is 2. The number of allylic oxidation sites excluding steroid dienone is 1. The van der Waals surface area contributed by atoms with E-state index in [1.54, 1.807) is 20.4 Å². The number of benzene rings is 3. The van der Waals surface area contributed by atoms with Gasteiger partial charge in [0, 0.05) is 28.9 Å². The largest absolute Gasteiger partial charge is 0.493 e. The number of nitrogens with one attached hydrogen (secondary N) is 1. The van der Waals surface area contributed by atoms with Gasteiger partial charge >= 0.3 is 0 Å². The molecule has 158 valence electrons. The molecule has 5 nitrogen and oxygen atoms in total. The molecule has 0 saturated carbocycles. The fraction of sp³-hybridized carbons (Fsp3) is 0.0769. The second-order valence-corrected chi connectivity index (χ2v) is 7.72. The maximum absolute atomic E-state index is 9.65. The molecular weight excluding hydrogens is 418 g/mol. The summed E-state index contributed by atoms with van der Waals surface area (Å²) in [4.78, 5) is 4.67. The van der Waals surface area contributed by atoms with E-state index in [2.05, 4.69) is 52.8 Å². The first kappa shape index (κ1) is 21.2. The lowest BCUT2D eigenvalue weighted by Crippen LogP contribution is -1.94. The Morgan fingerprint density at radius 2 is 1.59 bits per heavy atom. The fourth-order valence-corrected chi connectivity index (χ4v) is 4.01. The molecule has 0 unspecified atom stereocenters. The molecule has 0 radical (unpaired) electrons. The van der Waals surface area contributed by atoms with E-state index in [1.807, 2.05) is 41.8 Å². The molecule has 4 rings (SSSR count). The van der Waals surface area contributed by atoms with E-state index in [9.17, 15) is 5.26 Å². The third kappa shape index (κ3) is 4.64. The van der Waals surface area contributed by atoms with Crippen LogP contribution >= 0.6 is 11.3 Å². The van der Waals surface area contributed by atoms with E-state index >= 15 is 0 Å². The molecular formula is C26H21N3O2S. The lowest BCUT2D eigenvalue weighted by atomic mass is 10.0. The molecule has 0 aliphatic carbocycles. The van der Waals surface area contributed by atoms with Gasteiger partial charge in [-0.15, -0.1) is 11.3 Å².